The molecule has 4 atom stereocenters. The van der Waals surface area contributed by atoms with E-state index in [4.69, 9.17) is 4.74 Å². The first-order valence-corrected chi connectivity index (χ1v) is 9.88. The van der Waals surface area contributed by atoms with E-state index in [9.17, 15) is 0 Å². The molecule has 2 saturated heterocycles. The lowest BCUT2D eigenvalue weighted by atomic mass is 9.70. The summed E-state index contributed by atoms with van der Waals surface area (Å²) in [6.45, 7) is 3.41. The van der Waals surface area contributed by atoms with E-state index >= 15 is 0 Å². The van der Waals surface area contributed by atoms with Gasteiger partial charge in [0.15, 0.2) is 0 Å². The normalized spacial score (nSPS) is 39.8. The molecule has 0 radical (unpaired) electrons. The minimum atomic E-state index is 0.285. The molecule has 3 fully saturated rings. The molecule has 0 aromatic carbocycles. The topological polar surface area (TPSA) is 21.3 Å². The maximum atomic E-state index is 6.10. The van der Waals surface area contributed by atoms with Gasteiger partial charge in [-0.1, -0.05) is 6.92 Å². The fraction of sp³-hybridized carbons (Fsp3) is 1.00. The standard InChI is InChI=1S/C15H27NOS2/c1-11-14(19-9-8-18-11)13(16-2)12-4-7-17-15(10-12)5-3-6-15/h11-14,16H,3-10H2,1-2H3. The molecule has 2 aliphatic heterocycles. The highest BCUT2D eigenvalue weighted by Gasteiger charge is 2.46. The summed E-state index contributed by atoms with van der Waals surface area (Å²) in [5.74, 6) is 3.47. The van der Waals surface area contributed by atoms with Gasteiger partial charge >= 0.3 is 0 Å². The highest BCUT2D eigenvalue weighted by atomic mass is 32.2. The maximum Gasteiger partial charge on any atom is 0.0685 e. The molecule has 4 unspecified atom stereocenters. The van der Waals surface area contributed by atoms with Gasteiger partial charge in [-0.3, -0.25) is 0 Å². The van der Waals surface area contributed by atoms with Gasteiger partial charge in [0, 0.05) is 34.7 Å². The third kappa shape index (κ3) is 2.97. The van der Waals surface area contributed by atoms with Crippen LogP contribution < -0.4 is 5.32 Å². The Morgan fingerprint density at radius 3 is 2.68 bits per heavy atom. The van der Waals surface area contributed by atoms with Crippen molar-refractivity contribution in [3.05, 3.63) is 0 Å². The first-order valence-electron chi connectivity index (χ1n) is 7.78. The van der Waals surface area contributed by atoms with E-state index in [0.29, 0.717) is 6.04 Å². The van der Waals surface area contributed by atoms with Crippen molar-refractivity contribution in [3.63, 3.8) is 0 Å². The van der Waals surface area contributed by atoms with Crippen LogP contribution in [0.15, 0.2) is 0 Å². The van der Waals surface area contributed by atoms with Crippen molar-refractivity contribution < 1.29 is 4.74 Å². The number of nitrogens with one attached hydrogen (secondary N) is 1. The molecular weight excluding hydrogens is 274 g/mol. The zero-order valence-electron chi connectivity index (χ0n) is 12.2. The van der Waals surface area contributed by atoms with Crippen LogP contribution in [-0.2, 0) is 4.74 Å². The molecule has 19 heavy (non-hydrogen) atoms. The van der Waals surface area contributed by atoms with Gasteiger partial charge in [-0.25, -0.2) is 0 Å². The van der Waals surface area contributed by atoms with Crippen LogP contribution in [-0.4, -0.2) is 47.3 Å². The van der Waals surface area contributed by atoms with E-state index in [0.717, 1.165) is 23.0 Å². The predicted octanol–water partition coefficient (Wildman–Crippen LogP) is 3.16. The lowest BCUT2D eigenvalue weighted by molar-refractivity contribution is -0.146. The van der Waals surface area contributed by atoms with Gasteiger partial charge in [-0.2, -0.15) is 23.5 Å². The molecule has 3 aliphatic rings. The third-order valence-electron chi connectivity index (χ3n) is 5.23. The average molecular weight is 302 g/mol. The molecule has 0 aromatic rings. The van der Waals surface area contributed by atoms with Crippen molar-refractivity contribution in [2.24, 2.45) is 5.92 Å². The Labute approximate surface area is 126 Å². The van der Waals surface area contributed by atoms with Gasteiger partial charge < -0.3 is 10.1 Å². The van der Waals surface area contributed by atoms with Gasteiger partial charge in [-0.05, 0) is 45.1 Å². The van der Waals surface area contributed by atoms with Crippen LogP contribution in [0.1, 0.15) is 39.0 Å². The van der Waals surface area contributed by atoms with Crippen LogP contribution in [0.3, 0.4) is 0 Å². The summed E-state index contributed by atoms with van der Waals surface area (Å²) in [5.41, 5.74) is 0.285. The Kier molecular flexibility index (Phi) is 4.72. The van der Waals surface area contributed by atoms with Crippen LogP contribution in [0.4, 0.5) is 0 Å². The Morgan fingerprint density at radius 2 is 2.05 bits per heavy atom. The van der Waals surface area contributed by atoms with E-state index in [-0.39, 0.29) is 5.60 Å². The highest BCUT2D eigenvalue weighted by Crippen LogP contribution is 2.47. The molecule has 0 bridgehead atoms. The van der Waals surface area contributed by atoms with Gasteiger partial charge in [0.2, 0.25) is 0 Å². The number of hydrogen-bond donors (Lipinski definition) is 1. The van der Waals surface area contributed by atoms with E-state index in [2.05, 4.69) is 42.8 Å². The fourth-order valence-corrected chi connectivity index (χ4v) is 7.08. The van der Waals surface area contributed by atoms with Crippen molar-refractivity contribution in [2.45, 2.75) is 61.2 Å². The molecule has 2 heterocycles. The highest BCUT2D eigenvalue weighted by molar-refractivity contribution is 8.07. The van der Waals surface area contributed by atoms with E-state index in [1.165, 1.54) is 43.6 Å². The average Bonchev–Trinajstić information content (AvgIpc) is 2.40. The van der Waals surface area contributed by atoms with Crippen molar-refractivity contribution in [2.75, 3.05) is 25.2 Å². The van der Waals surface area contributed by atoms with E-state index in [1.807, 2.05) is 0 Å². The SMILES string of the molecule is CNC(C1CCOC2(CCC2)C1)C1SCCSC1C. The molecule has 3 rings (SSSR count). The van der Waals surface area contributed by atoms with Crippen molar-refractivity contribution in [1.29, 1.82) is 0 Å². The minimum Gasteiger partial charge on any atom is -0.375 e. The molecular formula is C15H27NOS2. The predicted molar refractivity (Wildman–Crippen MR) is 86.3 cm³/mol. The monoisotopic (exact) mass is 301 g/mol. The summed E-state index contributed by atoms with van der Waals surface area (Å²) >= 11 is 4.36. The second kappa shape index (κ2) is 6.17. The van der Waals surface area contributed by atoms with Crippen LogP contribution in [0.25, 0.3) is 0 Å². The quantitative estimate of drug-likeness (QED) is 0.864. The molecule has 1 saturated carbocycles. The van der Waals surface area contributed by atoms with E-state index < -0.39 is 0 Å². The summed E-state index contributed by atoms with van der Waals surface area (Å²) in [6.07, 6.45) is 6.54. The van der Waals surface area contributed by atoms with Crippen LogP contribution >= 0.6 is 23.5 Å². The number of hydrogen-bond acceptors (Lipinski definition) is 4. The lowest BCUT2D eigenvalue weighted by Gasteiger charge is -2.50. The Morgan fingerprint density at radius 1 is 1.26 bits per heavy atom. The zero-order valence-corrected chi connectivity index (χ0v) is 13.8. The molecule has 1 spiro atoms. The summed E-state index contributed by atoms with van der Waals surface area (Å²) < 4.78 is 6.10. The molecule has 0 aromatic heterocycles. The third-order valence-corrected chi connectivity index (χ3v) is 8.44. The molecule has 0 amide bonds. The fourth-order valence-electron chi connectivity index (χ4n) is 4.00. The van der Waals surface area contributed by atoms with Gasteiger partial charge in [-0.15, -0.1) is 0 Å². The maximum absolute atomic E-state index is 6.10. The summed E-state index contributed by atoms with van der Waals surface area (Å²) in [6, 6.07) is 0.675. The first kappa shape index (κ1) is 14.6. The number of rotatable bonds is 3. The second-order valence-electron chi connectivity index (χ2n) is 6.36. The second-order valence-corrected chi connectivity index (χ2v) is 9.13. The van der Waals surface area contributed by atoms with E-state index in [1.54, 1.807) is 0 Å². The molecule has 1 N–H and O–H groups in total. The molecule has 2 nitrogen and oxygen atoms in total. The van der Waals surface area contributed by atoms with Crippen molar-refractivity contribution >= 4 is 23.5 Å². The smallest absolute Gasteiger partial charge is 0.0685 e. The molecule has 1 aliphatic carbocycles. The van der Waals surface area contributed by atoms with Gasteiger partial charge in [0.1, 0.15) is 0 Å². The molecule has 4 heteroatoms. The lowest BCUT2D eigenvalue weighted by Crippen LogP contribution is -2.54. The minimum absolute atomic E-state index is 0.285. The summed E-state index contributed by atoms with van der Waals surface area (Å²) in [5, 5.41) is 5.24. The number of ether oxygens (including phenoxy) is 1. The van der Waals surface area contributed by atoms with Crippen molar-refractivity contribution in [1.82, 2.24) is 5.32 Å². The number of thioether (sulfide) groups is 2. The zero-order chi connectivity index (χ0) is 13.3. The van der Waals surface area contributed by atoms with Gasteiger partial charge in [0.05, 0.1) is 5.60 Å². The van der Waals surface area contributed by atoms with Crippen LogP contribution in [0.2, 0.25) is 0 Å². The Hall–Kier alpha value is 0.620. The molecule has 110 valence electrons. The van der Waals surface area contributed by atoms with Crippen LogP contribution in [0.5, 0.6) is 0 Å². The first-order chi connectivity index (χ1) is 9.24. The summed E-state index contributed by atoms with van der Waals surface area (Å²) in [4.78, 5) is 0. The van der Waals surface area contributed by atoms with Crippen molar-refractivity contribution in [3.8, 4) is 0 Å². The summed E-state index contributed by atoms with van der Waals surface area (Å²) in [7, 11) is 2.17. The van der Waals surface area contributed by atoms with Crippen LogP contribution in [0, 0.1) is 5.92 Å². The Balaban J connectivity index is 1.67. The van der Waals surface area contributed by atoms with Gasteiger partial charge in [0.25, 0.3) is 0 Å². The Bertz CT molecular complexity index is 309. The largest absolute Gasteiger partial charge is 0.375 e.